The molecule has 0 aliphatic rings. The maximum atomic E-state index is 13.8. The molecule has 0 spiro atoms. The fourth-order valence-corrected chi connectivity index (χ4v) is 3.56. The lowest BCUT2D eigenvalue weighted by atomic mass is 9.98. The second-order valence-electron chi connectivity index (χ2n) is 9.85. The van der Waals surface area contributed by atoms with Gasteiger partial charge in [-0.3, -0.25) is 14.4 Å². The summed E-state index contributed by atoms with van der Waals surface area (Å²) in [6.45, 7) is 10.7. The van der Waals surface area contributed by atoms with Crippen LogP contribution in [0.2, 0.25) is 0 Å². The number of primary amides is 1. The Morgan fingerprint density at radius 3 is 2.33 bits per heavy atom. The monoisotopic (exact) mass is 506 g/mol. The molecule has 2 atom stereocenters. The van der Waals surface area contributed by atoms with E-state index in [0.717, 1.165) is 24.0 Å². The number of ether oxygens (including phenoxy) is 1. The van der Waals surface area contributed by atoms with Crippen molar-refractivity contribution in [3.05, 3.63) is 34.9 Å². The third-order valence-corrected chi connectivity index (χ3v) is 5.53. The van der Waals surface area contributed by atoms with Gasteiger partial charge >= 0.3 is 6.09 Å². The van der Waals surface area contributed by atoms with Gasteiger partial charge in [0.25, 0.3) is 0 Å². The highest BCUT2D eigenvalue weighted by Gasteiger charge is 2.36. The molecule has 10 nitrogen and oxygen atoms in total. The van der Waals surface area contributed by atoms with E-state index < -0.39 is 48.1 Å². The molecule has 1 aromatic carbocycles. The Labute approximate surface area is 213 Å². The first-order valence-electron chi connectivity index (χ1n) is 12.3. The number of hydrogen-bond acceptors (Lipinski definition) is 6. The number of rotatable bonds is 13. The number of nitrogens with two attached hydrogens (primary N) is 1. The molecule has 4 amide bonds. The second kappa shape index (κ2) is 14.4. The maximum absolute atomic E-state index is 13.8. The Kier molecular flexibility index (Phi) is 12.4. The Balaban J connectivity index is 3.43. The molecule has 0 radical (unpaired) electrons. The van der Waals surface area contributed by atoms with Gasteiger partial charge in [0.05, 0.1) is 6.61 Å². The first kappa shape index (κ1) is 30.9. The summed E-state index contributed by atoms with van der Waals surface area (Å²) >= 11 is 0. The largest absolute Gasteiger partial charge is 0.444 e. The molecule has 0 aliphatic heterocycles. The van der Waals surface area contributed by atoms with E-state index in [1.54, 1.807) is 26.8 Å². The molecule has 0 fully saturated rings. The van der Waals surface area contributed by atoms with Crippen LogP contribution in [0, 0.1) is 13.8 Å². The highest BCUT2D eigenvalue weighted by Crippen LogP contribution is 2.25. The molecule has 0 aliphatic carbocycles. The van der Waals surface area contributed by atoms with E-state index in [4.69, 9.17) is 10.5 Å². The van der Waals surface area contributed by atoms with Gasteiger partial charge in [0, 0.05) is 19.5 Å². The molecule has 0 aromatic heterocycles. The molecule has 1 rings (SSSR count). The molecule has 5 N–H and O–H groups in total. The average Bonchev–Trinajstić information content (AvgIpc) is 2.77. The first-order chi connectivity index (χ1) is 16.8. The van der Waals surface area contributed by atoms with E-state index in [2.05, 4.69) is 10.6 Å². The van der Waals surface area contributed by atoms with Gasteiger partial charge in [0.2, 0.25) is 17.7 Å². The van der Waals surface area contributed by atoms with Crippen LogP contribution in [0.5, 0.6) is 0 Å². The summed E-state index contributed by atoms with van der Waals surface area (Å²) in [5.41, 5.74) is 7.01. The molecule has 0 bridgehead atoms. The third-order valence-electron chi connectivity index (χ3n) is 5.53. The van der Waals surface area contributed by atoms with E-state index in [9.17, 15) is 24.3 Å². The van der Waals surface area contributed by atoms with E-state index in [1.807, 2.05) is 32.9 Å². The van der Waals surface area contributed by atoms with Crippen molar-refractivity contribution < 1.29 is 29.0 Å². The van der Waals surface area contributed by atoms with Crippen LogP contribution in [0.3, 0.4) is 0 Å². The van der Waals surface area contributed by atoms with Gasteiger partial charge in [-0.05, 0) is 64.2 Å². The maximum Gasteiger partial charge on any atom is 0.408 e. The molecular weight excluding hydrogens is 464 g/mol. The number of nitrogens with one attached hydrogen (secondary N) is 2. The number of nitrogens with zero attached hydrogens (tertiary/aromatic N) is 1. The normalized spacial score (nSPS) is 12.9. The molecule has 36 heavy (non-hydrogen) atoms. The van der Waals surface area contributed by atoms with Crippen molar-refractivity contribution >= 4 is 23.8 Å². The Morgan fingerprint density at radius 1 is 1.14 bits per heavy atom. The van der Waals surface area contributed by atoms with Gasteiger partial charge in [-0.1, -0.05) is 31.5 Å². The summed E-state index contributed by atoms with van der Waals surface area (Å²) in [6, 6.07) is 3.21. The minimum absolute atomic E-state index is 0.0908. The van der Waals surface area contributed by atoms with Gasteiger partial charge in [0.15, 0.2) is 0 Å². The van der Waals surface area contributed by atoms with Crippen LogP contribution >= 0.6 is 0 Å². The van der Waals surface area contributed by atoms with Crippen molar-refractivity contribution in [3.8, 4) is 0 Å². The van der Waals surface area contributed by atoms with Gasteiger partial charge in [-0.2, -0.15) is 0 Å². The van der Waals surface area contributed by atoms with Crippen LogP contribution in [0.15, 0.2) is 18.2 Å². The van der Waals surface area contributed by atoms with Crippen LogP contribution in [0.25, 0.3) is 0 Å². The standard InChI is InChI=1S/C26H42N4O6/c1-7-8-13-28-23(33)22(19-10-9-17(2)18(3)16-19)30(14-15-31)24(34)20(11-12-21(27)32)29-25(35)36-26(4,5)6/h9-10,16,20,22,31H,7-8,11-15H2,1-6H3,(H2,27,32)(H,28,33)(H,29,35). The Hall–Kier alpha value is -3.14. The van der Waals surface area contributed by atoms with Crippen molar-refractivity contribution in [3.63, 3.8) is 0 Å². The van der Waals surface area contributed by atoms with Crippen molar-refractivity contribution in [2.45, 2.75) is 84.9 Å². The summed E-state index contributed by atoms with van der Waals surface area (Å²) < 4.78 is 5.29. The molecule has 1 aromatic rings. The molecule has 0 saturated heterocycles. The molecule has 0 heterocycles. The number of amides is 4. The second-order valence-corrected chi connectivity index (χ2v) is 9.85. The highest BCUT2D eigenvalue weighted by molar-refractivity contribution is 5.92. The van der Waals surface area contributed by atoms with Crippen LogP contribution < -0.4 is 16.4 Å². The number of aryl methyl sites for hydroxylation is 2. The number of carbonyl (C=O) groups is 4. The Bertz CT molecular complexity index is 912. The third kappa shape index (κ3) is 10.2. The zero-order valence-electron chi connectivity index (χ0n) is 22.3. The fourth-order valence-electron chi connectivity index (χ4n) is 3.56. The first-order valence-corrected chi connectivity index (χ1v) is 12.3. The number of unbranched alkanes of at least 4 members (excludes halogenated alkanes) is 1. The van der Waals surface area contributed by atoms with Crippen molar-refractivity contribution in [1.82, 2.24) is 15.5 Å². The highest BCUT2D eigenvalue weighted by atomic mass is 16.6. The van der Waals surface area contributed by atoms with E-state index in [-0.39, 0.29) is 19.4 Å². The van der Waals surface area contributed by atoms with Crippen LogP contribution in [0.1, 0.15) is 76.1 Å². The van der Waals surface area contributed by atoms with Gasteiger partial charge in [-0.25, -0.2) is 4.79 Å². The summed E-state index contributed by atoms with van der Waals surface area (Å²) in [7, 11) is 0. The lowest BCUT2D eigenvalue weighted by Crippen LogP contribution is -2.54. The summed E-state index contributed by atoms with van der Waals surface area (Å²) in [5, 5.41) is 15.2. The lowest BCUT2D eigenvalue weighted by Gasteiger charge is -2.34. The summed E-state index contributed by atoms with van der Waals surface area (Å²) in [6.07, 6.45) is 0.538. The zero-order chi connectivity index (χ0) is 27.5. The molecular formula is C26H42N4O6. The summed E-state index contributed by atoms with van der Waals surface area (Å²) in [5.74, 6) is -1.68. The number of carbonyl (C=O) groups excluding carboxylic acids is 4. The fraction of sp³-hybridized carbons (Fsp3) is 0.615. The van der Waals surface area contributed by atoms with Crippen LogP contribution in [0.4, 0.5) is 4.79 Å². The molecule has 10 heteroatoms. The smallest absolute Gasteiger partial charge is 0.408 e. The van der Waals surface area contributed by atoms with Crippen molar-refractivity contribution in [2.24, 2.45) is 5.73 Å². The van der Waals surface area contributed by atoms with Crippen molar-refractivity contribution in [2.75, 3.05) is 19.7 Å². The van der Waals surface area contributed by atoms with Crippen molar-refractivity contribution in [1.29, 1.82) is 0 Å². The number of hydrogen-bond donors (Lipinski definition) is 4. The predicted octanol–water partition coefficient (Wildman–Crippen LogP) is 2.24. The molecule has 202 valence electrons. The number of aliphatic hydroxyl groups is 1. The molecule has 0 saturated carbocycles. The number of benzene rings is 1. The quantitative estimate of drug-likeness (QED) is 0.301. The Morgan fingerprint density at radius 2 is 1.81 bits per heavy atom. The minimum Gasteiger partial charge on any atom is -0.444 e. The topological polar surface area (TPSA) is 151 Å². The van der Waals surface area contributed by atoms with Gasteiger partial charge in [-0.15, -0.1) is 0 Å². The lowest BCUT2D eigenvalue weighted by molar-refractivity contribution is -0.143. The minimum atomic E-state index is -1.20. The van der Waals surface area contributed by atoms with Gasteiger partial charge < -0.3 is 31.1 Å². The molecule has 2 unspecified atom stereocenters. The number of alkyl carbamates (subject to hydrolysis) is 1. The zero-order valence-corrected chi connectivity index (χ0v) is 22.3. The number of aliphatic hydroxyl groups excluding tert-OH is 1. The average molecular weight is 507 g/mol. The van der Waals surface area contributed by atoms with Crippen LogP contribution in [-0.4, -0.2) is 65.2 Å². The van der Waals surface area contributed by atoms with E-state index >= 15 is 0 Å². The summed E-state index contributed by atoms with van der Waals surface area (Å²) in [4.78, 5) is 52.3. The van der Waals surface area contributed by atoms with E-state index in [0.29, 0.717) is 12.1 Å². The van der Waals surface area contributed by atoms with Crippen LogP contribution in [-0.2, 0) is 19.1 Å². The SMILES string of the molecule is CCCCNC(=O)C(c1ccc(C)c(C)c1)N(CCO)C(=O)C(CCC(N)=O)NC(=O)OC(C)(C)C. The predicted molar refractivity (Wildman–Crippen MR) is 137 cm³/mol. The van der Waals surface area contributed by atoms with Gasteiger partial charge in [0.1, 0.15) is 17.7 Å². The van der Waals surface area contributed by atoms with E-state index in [1.165, 1.54) is 4.90 Å².